The van der Waals surface area contributed by atoms with Gasteiger partial charge in [-0.1, -0.05) is 23.4 Å². The molecule has 0 N–H and O–H groups in total. The van der Waals surface area contributed by atoms with Gasteiger partial charge in [-0.05, 0) is 49.2 Å². The zero-order valence-corrected chi connectivity index (χ0v) is 16.6. The molecular weight excluding hydrogens is 407 g/mol. The number of nitrogens with zero attached hydrogens (tertiary/aromatic N) is 4. The fourth-order valence-electron chi connectivity index (χ4n) is 3.77. The van der Waals surface area contributed by atoms with E-state index >= 15 is 0 Å². The molecule has 2 aromatic carbocycles. The molecule has 1 fully saturated rings. The quantitative estimate of drug-likeness (QED) is 0.493. The minimum absolute atomic E-state index is 0.158. The fourth-order valence-corrected chi connectivity index (χ4v) is 5.59. The van der Waals surface area contributed by atoms with Crippen LogP contribution in [-0.2, 0) is 10.0 Å². The Morgan fingerprint density at radius 3 is 2.70 bits per heavy atom. The molecule has 0 bridgehead atoms. The van der Waals surface area contributed by atoms with Gasteiger partial charge in [0.15, 0.2) is 0 Å². The second-order valence-corrected chi connectivity index (χ2v) is 8.93. The zero-order valence-electron chi connectivity index (χ0n) is 15.8. The van der Waals surface area contributed by atoms with E-state index in [1.807, 2.05) is 12.1 Å². The number of sulfonamides is 1. The third-order valence-corrected chi connectivity index (χ3v) is 7.15. The second kappa shape index (κ2) is 7.26. The Morgan fingerprint density at radius 2 is 1.87 bits per heavy atom. The molecule has 1 saturated heterocycles. The fraction of sp³-hybridized carbons (Fsp3) is 0.190. The Labute approximate surface area is 172 Å². The van der Waals surface area contributed by atoms with E-state index in [-0.39, 0.29) is 16.6 Å². The highest BCUT2D eigenvalue weighted by atomic mass is 32.2. The second-order valence-electron chi connectivity index (χ2n) is 7.07. The maximum absolute atomic E-state index is 13.5. The zero-order chi connectivity index (χ0) is 20.7. The molecular formula is C21H17FN4O3S. The number of benzene rings is 2. The van der Waals surface area contributed by atoms with Crippen LogP contribution >= 0.6 is 0 Å². The predicted octanol–water partition coefficient (Wildman–Crippen LogP) is 3.95. The van der Waals surface area contributed by atoms with Crippen molar-refractivity contribution in [1.82, 2.24) is 19.4 Å². The number of rotatable bonds is 4. The third-order valence-electron chi connectivity index (χ3n) is 5.22. The molecule has 30 heavy (non-hydrogen) atoms. The molecule has 0 spiro atoms. The molecule has 0 radical (unpaired) electrons. The van der Waals surface area contributed by atoms with E-state index < -0.39 is 16.1 Å². The average molecular weight is 424 g/mol. The van der Waals surface area contributed by atoms with Gasteiger partial charge in [0, 0.05) is 23.7 Å². The topological polar surface area (TPSA) is 89.2 Å². The van der Waals surface area contributed by atoms with Crippen molar-refractivity contribution in [2.45, 2.75) is 23.8 Å². The molecule has 2 aromatic heterocycles. The Kier molecular flexibility index (Phi) is 4.56. The molecule has 0 amide bonds. The Morgan fingerprint density at radius 1 is 1.07 bits per heavy atom. The minimum Gasteiger partial charge on any atom is -0.337 e. The van der Waals surface area contributed by atoms with Crippen LogP contribution in [0.15, 0.2) is 70.2 Å². The summed E-state index contributed by atoms with van der Waals surface area (Å²) in [5, 5.41) is 4.71. The Balaban J connectivity index is 1.51. The molecule has 0 saturated carbocycles. The first-order chi connectivity index (χ1) is 14.5. The first-order valence-electron chi connectivity index (χ1n) is 9.49. The van der Waals surface area contributed by atoms with Crippen LogP contribution < -0.4 is 0 Å². The lowest BCUT2D eigenvalue weighted by atomic mass is 10.2. The number of aromatic nitrogens is 3. The van der Waals surface area contributed by atoms with Crippen LogP contribution in [0.1, 0.15) is 24.8 Å². The van der Waals surface area contributed by atoms with Gasteiger partial charge in [-0.25, -0.2) is 12.8 Å². The molecule has 0 aliphatic carbocycles. The van der Waals surface area contributed by atoms with Crippen molar-refractivity contribution < 1.29 is 17.3 Å². The molecule has 7 nitrogen and oxygen atoms in total. The van der Waals surface area contributed by atoms with Crippen molar-refractivity contribution in [3.63, 3.8) is 0 Å². The van der Waals surface area contributed by atoms with Gasteiger partial charge in [0.1, 0.15) is 16.8 Å². The highest BCUT2D eigenvalue weighted by Gasteiger charge is 2.40. The Bertz CT molecular complexity index is 1320. The van der Waals surface area contributed by atoms with Crippen LogP contribution in [0.25, 0.3) is 22.3 Å². The van der Waals surface area contributed by atoms with Crippen LogP contribution in [0, 0.1) is 5.82 Å². The van der Waals surface area contributed by atoms with Crippen LogP contribution in [0.2, 0.25) is 0 Å². The summed E-state index contributed by atoms with van der Waals surface area (Å²) in [5.41, 5.74) is 1.03. The van der Waals surface area contributed by atoms with Crippen molar-refractivity contribution in [3.05, 3.63) is 72.5 Å². The molecule has 1 unspecified atom stereocenters. The average Bonchev–Trinajstić information content (AvgIpc) is 3.44. The molecule has 3 heterocycles. The SMILES string of the molecule is O=S(=O)(c1cccc2cccnc12)N1CCCC1c1nc(-c2ccc(F)cc2)no1. The molecule has 1 atom stereocenters. The number of hydrogen-bond donors (Lipinski definition) is 0. The van der Waals surface area contributed by atoms with E-state index in [1.165, 1.54) is 16.4 Å². The maximum atomic E-state index is 13.5. The molecule has 5 rings (SSSR count). The van der Waals surface area contributed by atoms with Crippen molar-refractivity contribution in [2.24, 2.45) is 0 Å². The summed E-state index contributed by atoms with van der Waals surface area (Å²) in [6, 6.07) is 13.9. The summed E-state index contributed by atoms with van der Waals surface area (Å²) in [7, 11) is -3.83. The summed E-state index contributed by atoms with van der Waals surface area (Å²) in [6.45, 7) is 0.352. The summed E-state index contributed by atoms with van der Waals surface area (Å²) in [5.74, 6) is 0.156. The van der Waals surface area contributed by atoms with E-state index in [1.54, 1.807) is 36.5 Å². The first-order valence-corrected chi connectivity index (χ1v) is 10.9. The number of halogens is 1. The van der Waals surface area contributed by atoms with Crippen molar-refractivity contribution in [2.75, 3.05) is 6.54 Å². The lowest BCUT2D eigenvalue weighted by molar-refractivity contribution is 0.291. The van der Waals surface area contributed by atoms with E-state index in [0.717, 1.165) is 5.39 Å². The summed E-state index contributed by atoms with van der Waals surface area (Å²) < 4.78 is 47.0. The summed E-state index contributed by atoms with van der Waals surface area (Å²) >= 11 is 0. The van der Waals surface area contributed by atoms with Gasteiger partial charge >= 0.3 is 0 Å². The highest BCUT2D eigenvalue weighted by Crippen LogP contribution is 2.37. The largest absolute Gasteiger partial charge is 0.337 e. The van der Waals surface area contributed by atoms with Gasteiger partial charge < -0.3 is 4.52 Å². The summed E-state index contributed by atoms with van der Waals surface area (Å²) in [6.07, 6.45) is 2.83. The standard InChI is InChI=1S/C21H17FN4O3S/c22-16-10-8-15(9-11-16)20-24-21(29-25-20)17-6-3-13-26(17)30(27,28)18-7-1-4-14-5-2-12-23-19(14)18/h1-2,4-5,7-12,17H,3,6,13H2. The van der Waals surface area contributed by atoms with Crippen molar-refractivity contribution in [1.29, 1.82) is 0 Å². The predicted molar refractivity (Wildman–Crippen MR) is 107 cm³/mol. The van der Waals surface area contributed by atoms with E-state index in [0.29, 0.717) is 36.3 Å². The summed E-state index contributed by atoms with van der Waals surface area (Å²) in [4.78, 5) is 8.83. The van der Waals surface area contributed by atoms with E-state index in [4.69, 9.17) is 4.52 Å². The lowest BCUT2D eigenvalue weighted by Crippen LogP contribution is -2.31. The third kappa shape index (κ3) is 3.16. The van der Waals surface area contributed by atoms with E-state index in [9.17, 15) is 12.8 Å². The highest BCUT2D eigenvalue weighted by molar-refractivity contribution is 7.89. The first kappa shape index (κ1) is 18.8. The van der Waals surface area contributed by atoms with Gasteiger partial charge in [0.25, 0.3) is 0 Å². The van der Waals surface area contributed by atoms with Gasteiger partial charge in [-0.15, -0.1) is 0 Å². The number of pyridine rings is 1. The monoisotopic (exact) mass is 424 g/mol. The number of fused-ring (bicyclic) bond motifs is 1. The molecule has 1 aliphatic heterocycles. The Hall–Kier alpha value is -3.17. The smallest absolute Gasteiger partial charge is 0.245 e. The lowest BCUT2D eigenvalue weighted by Gasteiger charge is -2.21. The molecule has 9 heteroatoms. The van der Waals surface area contributed by atoms with E-state index in [2.05, 4.69) is 15.1 Å². The van der Waals surface area contributed by atoms with Crippen LogP contribution in [0.3, 0.4) is 0 Å². The van der Waals surface area contributed by atoms with Gasteiger partial charge in [0.2, 0.25) is 21.7 Å². The van der Waals surface area contributed by atoms with Crippen molar-refractivity contribution in [3.8, 4) is 11.4 Å². The maximum Gasteiger partial charge on any atom is 0.245 e. The normalized spacial score (nSPS) is 17.6. The van der Waals surface area contributed by atoms with Crippen LogP contribution in [0.4, 0.5) is 4.39 Å². The van der Waals surface area contributed by atoms with Crippen LogP contribution in [0.5, 0.6) is 0 Å². The van der Waals surface area contributed by atoms with Gasteiger partial charge in [-0.2, -0.15) is 9.29 Å². The number of para-hydroxylation sites is 1. The van der Waals surface area contributed by atoms with Crippen molar-refractivity contribution >= 4 is 20.9 Å². The minimum atomic E-state index is -3.83. The van der Waals surface area contributed by atoms with Gasteiger partial charge in [-0.3, -0.25) is 4.98 Å². The molecule has 4 aromatic rings. The van der Waals surface area contributed by atoms with Crippen LogP contribution in [-0.4, -0.2) is 34.4 Å². The van der Waals surface area contributed by atoms with Gasteiger partial charge in [0.05, 0.1) is 5.52 Å². The number of hydrogen-bond acceptors (Lipinski definition) is 6. The molecule has 152 valence electrons. The molecule has 1 aliphatic rings.